The first-order chi connectivity index (χ1) is 17.0. The summed E-state index contributed by atoms with van der Waals surface area (Å²) in [7, 11) is 4.98. The van der Waals surface area contributed by atoms with Gasteiger partial charge in [0.15, 0.2) is 0 Å². The molecule has 35 heavy (non-hydrogen) atoms. The van der Waals surface area contributed by atoms with Gasteiger partial charge in [-0.25, -0.2) is 0 Å². The lowest BCUT2D eigenvalue weighted by Gasteiger charge is -2.39. The molecule has 0 unspecified atom stereocenters. The summed E-state index contributed by atoms with van der Waals surface area (Å²) in [5.74, 6) is 2.25. The van der Waals surface area contributed by atoms with Gasteiger partial charge < -0.3 is 19.1 Å². The van der Waals surface area contributed by atoms with Crippen LogP contribution in [-0.4, -0.2) is 51.3 Å². The van der Waals surface area contributed by atoms with Gasteiger partial charge >= 0.3 is 0 Å². The Morgan fingerprint density at radius 1 is 0.886 bits per heavy atom. The molecule has 1 amide bonds. The van der Waals surface area contributed by atoms with Gasteiger partial charge in [-0.05, 0) is 62.2 Å². The van der Waals surface area contributed by atoms with E-state index in [-0.39, 0.29) is 11.9 Å². The molecule has 0 radical (unpaired) electrons. The first-order valence-electron chi connectivity index (χ1n) is 12.0. The molecule has 0 aromatic heterocycles. The highest BCUT2D eigenvalue weighted by molar-refractivity contribution is 6.08. The molecule has 6 heteroatoms. The number of piperidine rings is 1. The molecule has 0 N–H and O–H groups in total. The van der Waals surface area contributed by atoms with Gasteiger partial charge in [0.2, 0.25) is 0 Å². The Bertz CT molecular complexity index is 1140. The maximum absolute atomic E-state index is 13.8. The van der Waals surface area contributed by atoms with Crippen LogP contribution in [0.3, 0.4) is 0 Å². The minimum atomic E-state index is -0.0285. The van der Waals surface area contributed by atoms with Crippen molar-refractivity contribution >= 4 is 11.6 Å². The number of rotatable bonds is 8. The molecule has 0 spiro atoms. The Morgan fingerprint density at radius 2 is 1.57 bits per heavy atom. The fraction of sp³-hybridized carbons (Fsp3) is 0.345. The van der Waals surface area contributed by atoms with E-state index < -0.39 is 0 Å². The first kappa shape index (κ1) is 24.6. The van der Waals surface area contributed by atoms with Gasteiger partial charge in [0.1, 0.15) is 17.2 Å². The maximum Gasteiger partial charge on any atom is 0.262 e. The summed E-state index contributed by atoms with van der Waals surface area (Å²) in [6.07, 6.45) is 1.75. The van der Waals surface area contributed by atoms with Crippen molar-refractivity contribution in [2.45, 2.75) is 32.4 Å². The van der Waals surface area contributed by atoms with Crippen LogP contribution in [0.15, 0.2) is 66.7 Å². The predicted molar refractivity (Wildman–Crippen MR) is 139 cm³/mol. The number of carbonyl (C=O) groups is 1. The number of carbonyl (C=O) groups excluding carboxylic acids is 1. The zero-order valence-electron chi connectivity index (χ0n) is 21.0. The average Bonchev–Trinajstić information content (AvgIpc) is 2.90. The largest absolute Gasteiger partial charge is 0.497 e. The van der Waals surface area contributed by atoms with Crippen molar-refractivity contribution in [3.63, 3.8) is 0 Å². The summed E-state index contributed by atoms with van der Waals surface area (Å²) in [6.45, 7) is 4.60. The monoisotopic (exact) mass is 474 g/mol. The average molecular weight is 475 g/mol. The van der Waals surface area contributed by atoms with Gasteiger partial charge in [0.05, 0.1) is 26.9 Å². The number of anilines is 1. The maximum atomic E-state index is 13.8. The molecular formula is C29H34N2O4. The molecule has 0 bridgehead atoms. The number of nitrogens with zero attached hydrogens (tertiary/aromatic N) is 2. The topological polar surface area (TPSA) is 51.2 Å². The van der Waals surface area contributed by atoms with Crippen molar-refractivity contribution in [1.29, 1.82) is 0 Å². The summed E-state index contributed by atoms with van der Waals surface area (Å²) < 4.78 is 16.5. The number of amides is 1. The van der Waals surface area contributed by atoms with Crippen molar-refractivity contribution in [3.8, 4) is 17.2 Å². The van der Waals surface area contributed by atoms with Crippen molar-refractivity contribution in [2.75, 3.05) is 39.3 Å². The van der Waals surface area contributed by atoms with Crippen molar-refractivity contribution in [2.24, 2.45) is 0 Å². The van der Waals surface area contributed by atoms with Crippen LogP contribution in [0.5, 0.6) is 17.2 Å². The number of para-hydroxylation sites is 1. The third-order valence-corrected chi connectivity index (χ3v) is 6.67. The molecule has 1 aliphatic heterocycles. The number of hydrogen-bond donors (Lipinski definition) is 0. The van der Waals surface area contributed by atoms with E-state index in [1.54, 1.807) is 21.3 Å². The fourth-order valence-corrected chi connectivity index (χ4v) is 4.73. The Morgan fingerprint density at radius 3 is 2.23 bits per heavy atom. The smallest absolute Gasteiger partial charge is 0.262 e. The van der Waals surface area contributed by atoms with Gasteiger partial charge in [-0.15, -0.1) is 0 Å². The SMILES string of the molecule is COc1ccc(OC)c(CN2CCC(N(C(=O)c3ccccc3OC)c3ccc(C)cc3)CC2)c1. The van der Waals surface area contributed by atoms with E-state index in [0.717, 1.165) is 55.2 Å². The predicted octanol–water partition coefficient (Wildman–Crippen LogP) is 5.33. The summed E-state index contributed by atoms with van der Waals surface area (Å²) in [4.78, 5) is 18.2. The summed E-state index contributed by atoms with van der Waals surface area (Å²) in [5.41, 5.74) is 3.77. The Hall–Kier alpha value is -3.51. The quantitative estimate of drug-likeness (QED) is 0.442. The summed E-state index contributed by atoms with van der Waals surface area (Å²) in [5, 5.41) is 0. The number of ether oxygens (including phenoxy) is 3. The normalized spacial score (nSPS) is 14.4. The fourth-order valence-electron chi connectivity index (χ4n) is 4.73. The van der Waals surface area contributed by atoms with Crippen LogP contribution in [0, 0.1) is 6.92 Å². The Labute approximate surface area is 208 Å². The molecule has 3 aromatic rings. The lowest BCUT2D eigenvalue weighted by atomic mass is 9.99. The van der Waals surface area contributed by atoms with Gasteiger partial charge in [-0.1, -0.05) is 29.8 Å². The molecule has 184 valence electrons. The summed E-state index contributed by atoms with van der Waals surface area (Å²) >= 11 is 0. The lowest BCUT2D eigenvalue weighted by molar-refractivity contribution is 0.0955. The number of benzene rings is 3. The van der Waals surface area contributed by atoms with Crippen LogP contribution in [0.25, 0.3) is 0 Å². The minimum absolute atomic E-state index is 0.0285. The van der Waals surface area contributed by atoms with Crippen LogP contribution in [0.4, 0.5) is 5.69 Å². The van der Waals surface area contributed by atoms with Crippen LogP contribution < -0.4 is 19.1 Å². The zero-order chi connectivity index (χ0) is 24.8. The molecule has 6 nitrogen and oxygen atoms in total. The van der Waals surface area contributed by atoms with Crippen LogP contribution in [0.1, 0.15) is 34.3 Å². The van der Waals surface area contributed by atoms with Crippen molar-refractivity contribution in [3.05, 3.63) is 83.4 Å². The molecule has 1 heterocycles. The Balaban J connectivity index is 1.54. The van der Waals surface area contributed by atoms with Gasteiger partial charge in [-0.3, -0.25) is 9.69 Å². The van der Waals surface area contributed by atoms with Crippen molar-refractivity contribution < 1.29 is 19.0 Å². The Kier molecular flexibility index (Phi) is 7.93. The van der Waals surface area contributed by atoms with Crippen molar-refractivity contribution in [1.82, 2.24) is 4.90 Å². The second-order valence-corrected chi connectivity index (χ2v) is 8.90. The number of hydrogen-bond acceptors (Lipinski definition) is 5. The second kappa shape index (κ2) is 11.3. The van der Waals surface area contributed by atoms with E-state index in [4.69, 9.17) is 14.2 Å². The van der Waals surface area contributed by atoms with E-state index in [2.05, 4.69) is 24.0 Å². The standard InChI is InChI=1S/C29H34N2O4/c1-21-9-11-23(12-10-21)31(29(32)26-7-5-6-8-28(26)35-4)24-15-17-30(18-16-24)20-22-19-25(33-2)13-14-27(22)34-3/h5-14,19,24H,15-18,20H2,1-4H3. The van der Waals surface area contributed by atoms with E-state index in [9.17, 15) is 4.79 Å². The molecule has 1 aliphatic rings. The van der Waals surface area contributed by atoms with Gasteiger partial charge in [-0.2, -0.15) is 0 Å². The first-order valence-corrected chi connectivity index (χ1v) is 12.0. The van der Waals surface area contributed by atoms with E-state index in [1.807, 2.05) is 59.5 Å². The van der Waals surface area contributed by atoms with Crippen LogP contribution >= 0.6 is 0 Å². The molecule has 0 saturated carbocycles. The summed E-state index contributed by atoms with van der Waals surface area (Å²) in [6, 6.07) is 21.6. The van der Waals surface area contributed by atoms with Crippen LogP contribution in [0.2, 0.25) is 0 Å². The van der Waals surface area contributed by atoms with Gasteiger partial charge in [0, 0.05) is 36.9 Å². The lowest BCUT2D eigenvalue weighted by Crippen LogP contribution is -2.47. The molecule has 1 saturated heterocycles. The van der Waals surface area contributed by atoms with E-state index in [1.165, 1.54) is 5.56 Å². The second-order valence-electron chi connectivity index (χ2n) is 8.90. The minimum Gasteiger partial charge on any atom is -0.497 e. The number of aryl methyl sites for hydroxylation is 1. The highest BCUT2D eigenvalue weighted by Gasteiger charge is 2.31. The number of likely N-dealkylation sites (tertiary alicyclic amines) is 1. The van der Waals surface area contributed by atoms with E-state index in [0.29, 0.717) is 11.3 Å². The molecule has 0 atom stereocenters. The zero-order valence-corrected chi connectivity index (χ0v) is 21.0. The highest BCUT2D eigenvalue weighted by Crippen LogP contribution is 2.31. The number of methoxy groups -OCH3 is 3. The third-order valence-electron chi connectivity index (χ3n) is 6.67. The van der Waals surface area contributed by atoms with Crippen LogP contribution in [-0.2, 0) is 6.54 Å². The molecule has 0 aliphatic carbocycles. The van der Waals surface area contributed by atoms with Gasteiger partial charge in [0.25, 0.3) is 5.91 Å². The molecule has 1 fully saturated rings. The molecule has 4 rings (SSSR count). The highest BCUT2D eigenvalue weighted by atomic mass is 16.5. The molecule has 3 aromatic carbocycles. The third kappa shape index (κ3) is 5.60. The van der Waals surface area contributed by atoms with E-state index >= 15 is 0 Å². The molecular weight excluding hydrogens is 440 g/mol.